The van der Waals surface area contributed by atoms with Gasteiger partial charge in [0.25, 0.3) is 11.8 Å². The highest BCUT2D eigenvalue weighted by molar-refractivity contribution is 6.24. The van der Waals surface area contributed by atoms with E-state index in [1.165, 1.54) is 0 Å². The topological polar surface area (TPSA) is 84.2 Å². The second-order valence-electron chi connectivity index (χ2n) is 6.84. The quantitative estimate of drug-likeness (QED) is 0.309. The molecular formula is C25H25N3O2. The molecule has 0 radical (unpaired) electrons. The third-order valence-electron chi connectivity index (χ3n) is 4.56. The smallest absolute Gasteiger partial charge is 0.255 e. The standard InChI is InChI=1S/C25H25N3O2/c1-2-16-27-25(30)21(19-8-4-3-5-9-19)17-18-12-14-20(15-13-18)24(29)28-23-11-7-6-10-22(23)26/h3-15,17H,2,16,26H2,1H3,(H,27,30)(H,28,29)/b21-17+. The molecule has 30 heavy (non-hydrogen) atoms. The van der Waals surface area contributed by atoms with E-state index in [-0.39, 0.29) is 11.8 Å². The van der Waals surface area contributed by atoms with Gasteiger partial charge < -0.3 is 16.4 Å². The predicted octanol–water partition coefficient (Wildman–Crippen LogP) is 4.59. The number of carbonyl (C=O) groups is 2. The van der Waals surface area contributed by atoms with Gasteiger partial charge in [0.1, 0.15) is 0 Å². The van der Waals surface area contributed by atoms with Crippen molar-refractivity contribution < 1.29 is 9.59 Å². The Hall–Kier alpha value is -3.86. The molecule has 0 aliphatic heterocycles. The first-order chi connectivity index (χ1) is 14.6. The molecule has 5 nitrogen and oxygen atoms in total. The van der Waals surface area contributed by atoms with Crippen LogP contribution in [0.3, 0.4) is 0 Å². The summed E-state index contributed by atoms with van der Waals surface area (Å²) in [5.41, 5.74) is 9.73. The number of anilines is 2. The molecule has 3 aromatic carbocycles. The molecule has 4 N–H and O–H groups in total. The Labute approximate surface area is 176 Å². The van der Waals surface area contributed by atoms with Crippen LogP contribution in [0.15, 0.2) is 78.9 Å². The molecule has 0 heterocycles. The fourth-order valence-electron chi connectivity index (χ4n) is 2.93. The molecule has 0 aliphatic rings. The Kier molecular flexibility index (Phi) is 7.00. The Morgan fingerprint density at radius 1 is 0.867 bits per heavy atom. The van der Waals surface area contributed by atoms with E-state index >= 15 is 0 Å². The lowest BCUT2D eigenvalue weighted by atomic mass is 10.0. The van der Waals surface area contributed by atoms with Gasteiger partial charge in [-0.3, -0.25) is 9.59 Å². The van der Waals surface area contributed by atoms with Crippen molar-refractivity contribution >= 4 is 34.8 Å². The zero-order valence-corrected chi connectivity index (χ0v) is 16.9. The Balaban J connectivity index is 1.82. The maximum atomic E-state index is 12.7. The van der Waals surface area contributed by atoms with E-state index in [9.17, 15) is 9.59 Å². The van der Waals surface area contributed by atoms with Gasteiger partial charge in [-0.1, -0.05) is 61.5 Å². The molecule has 2 amide bonds. The number of benzene rings is 3. The largest absolute Gasteiger partial charge is 0.397 e. The maximum absolute atomic E-state index is 12.7. The van der Waals surface area contributed by atoms with Crippen molar-refractivity contribution in [3.63, 3.8) is 0 Å². The first kappa shape index (κ1) is 20.9. The summed E-state index contributed by atoms with van der Waals surface area (Å²) in [6.07, 6.45) is 2.70. The lowest BCUT2D eigenvalue weighted by Crippen LogP contribution is -2.24. The van der Waals surface area contributed by atoms with Crippen LogP contribution in [0.5, 0.6) is 0 Å². The summed E-state index contributed by atoms with van der Waals surface area (Å²) >= 11 is 0. The molecule has 0 aromatic heterocycles. The maximum Gasteiger partial charge on any atom is 0.255 e. The van der Waals surface area contributed by atoms with Gasteiger partial charge in [0.15, 0.2) is 0 Å². The van der Waals surface area contributed by atoms with Crippen molar-refractivity contribution in [2.75, 3.05) is 17.6 Å². The van der Waals surface area contributed by atoms with E-state index < -0.39 is 0 Å². The fourth-order valence-corrected chi connectivity index (χ4v) is 2.93. The highest BCUT2D eigenvalue weighted by Gasteiger charge is 2.12. The molecular weight excluding hydrogens is 374 g/mol. The minimum Gasteiger partial charge on any atom is -0.397 e. The third-order valence-corrected chi connectivity index (χ3v) is 4.56. The van der Waals surface area contributed by atoms with Crippen molar-refractivity contribution in [3.05, 3.63) is 95.6 Å². The number of rotatable bonds is 7. The normalized spacial score (nSPS) is 11.0. The number of hydrogen-bond donors (Lipinski definition) is 3. The summed E-state index contributed by atoms with van der Waals surface area (Å²) in [7, 11) is 0. The highest BCUT2D eigenvalue weighted by Crippen LogP contribution is 2.20. The van der Waals surface area contributed by atoms with Gasteiger partial charge in [0.2, 0.25) is 0 Å². The summed E-state index contributed by atoms with van der Waals surface area (Å²) in [5.74, 6) is -0.364. The lowest BCUT2D eigenvalue weighted by molar-refractivity contribution is -0.115. The van der Waals surface area contributed by atoms with Crippen molar-refractivity contribution in [3.8, 4) is 0 Å². The molecule has 0 aliphatic carbocycles. The van der Waals surface area contributed by atoms with Gasteiger partial charge >= 0.3 is 0 Å². The number of para-hydroxylation sites is 2. The monoisotopic (exact) mass is 399 g/mol. The first-order valence-electron chi connectivity index (χ1n) is 9.89. The van der Waals surface area contributed by atoms with E-state index in [2.05, 4.69) is 10.6 Å². The summed E-state index contributed by atoms with van der Waals surface area (Å²) < 4.78 is 0. The van der Waals surface area contributed by atoms with E-state index in [4.69, 9.17) is 5.73 Å². The van der Waals surface area contributed by atoms with Crippen LogP contribution in [0, 0.1) is 0 Å². The summed E-state index contributed by atoms with van der Waals surface area (Å²) in [5, 5.41) is 5.74. The van der Waals surface area contributed by atoms with E-state index in [0.29, 0.717) is 29.1 Å². The first-order valence-corrected chi connectivity index (χ1v) is 9.89. The fraction of sp³-hybridized carbons (Fsp3) is 0.120. The van der Waals surface area contributed by atoms with Crippen molar-refractivity contribution in [1.29, 1.82) is 0 Å². The number of nitrogen functional groups attached to an aromatic ring is 1. The Bertz CT molecular complexity index is 1040. The van der Waals surface area contributed by atoms with Crippen molar-refractivity contribution in [1.82, 2.24) is 5.32 Å². The number of amides is 2. The second-order valence-corrected chi connectivity index (χ2v) is 6.84. The van der Waals surface area contributed by atoms with Crippen LogP contribution in [-0.4, -0.2) is 18.4 Å². The number of hydrogen-bond acceptors (Lipinski definition) is 3. The Morgan fingerprint density at radius 3 is 2.20 bits per heavy atom. The van der Waals surface area contributed by atoms with Crippen LogP contribution < -0.4 is 16.4 Å². The predicted molar refractivity (Wildman–Crippen MR) is 123 cm³/mol. The minimum absolute atomic E-state index is 0.121. The molecule has 0 unspecified atom stereocenters. The zero-order chi connectivity index (χ0) is 21.3. The Morgan fingerprint density at radius 2 is 1.53 bits per heavy atom. The van der Waals surface area contributed by atoms with Crippen molar-refractivity contribution in [2.24, 2.45) is 0 Å². The van der Waals surface area contributed by atoms with Gasteiger partial charge in [-0.05, 0) is 47.9 Å². The molecule has 0 atom stereocenters. The minimum atomic E-state index is -0.243. The van der Waals surface area contributed by atoms with Gasteiger partial charge in [-0.2, -0.15) is 0 Å². The van der Waals surface area contributed by atoms with Gasteiger partial charge in [0.05, 0.1) is 11.4 Å². The van der Waals surface area contributed by atoms with E-state index in [0.717, 1.165) is 17.5 Å². The van der Waals surface area contributed by atoms with Crippen LogP contribution in [0.25, 0.3) is 11.6 Å². The van der Waals surface area contributed by atoms with Crippen LogP contribution in [0.1, 0.15) is 34.8 Å². The average Bonchev–Trinajstić information content (AvgIpc) is 2.78. The molecule has 5 heteroatoms. The SMILES string of the molecule is CCCNC(=O)/C(=C/c1ccc(C(=O)Nc2ccccc2N)cc1)c1ccccc1. The number of carbonyl (C=O) groups excluding carboxylic acids is 2. The third kappa shape index (κ3) is 5.35. The summed E-state index contributed by atoms with van der Waals surface area (Å²) in [6, 6.07) is 23.7. The van der Waals surface area contributed by atoms with E-state index in [1.54, 1.807) is 24.3 Å². The highest BCUT2D eigenvalue weighted by atomic mass is 16.2. The van der Waals surface area contributed by atoms with Crippen molar-refractivity contribution in [2.45, 2.75) is 13.3 Å². The number of nitrogens with two attached hydrogens (primary N) is 1. The summed E-state index contributed by atoms with van der Waals surface area (Å²) in [4.78, 5) is 25.2. The van der Waals surface area contributed by atoms with Crippen LogP contribution in [0.2, 0.25) is 0 Å². The molecule has 0 saturated heterocycles. The van der Waals surface area contributed by atoms with E-state index in [1.807, 2.05) is 67.6 Å². The van der Waals surface area contributed by atoms with Crippen LogP contribution in [0.4, 0.5) is 11.4 Å². The average molecular weight is 399 g/mol. The summed E-state index contributed by atoms with van der Waals surface area (Å²) in [6.45, 7) is 2.63. The van der Waals surface area contributed by atoms with Crippen LogP contribution >= 0.6 is 0 Å². The molecule has 152 valence electrons. The van der Waals surface area contributed by atoms with Gasteiger partial charge in [-0.15, -0.1) is 0 Å². The molecule has 0 bridgehead atoms. The molecule has 3 aromatic rings. The van der Waals surface area contributed by atoms with Gasteiger partial charge in [-0.25, -0.2) is 0 Å². The second kappa shape index (κ2) is 10.1. The molecule has 0 saturated carbocycles. The molecule has 0 fully saturated rings. The molecule has 0 spiro atoms. The van der Waals surface area contributed by atoms with Crippen LogP contribution in [-0.2, 0) is 4.79 Å². The lowest BCUT2D eigenvalue weighted by Gasteiger charge is -2.10. The van der Waals surface area contributed by atoms with Gasteiger partial charge in [0, 0.05) is 17.7 Å². The molecule has 3 rings (SSSR count). The zero-order valence-electron chi connectivity index (χ0n) is 16.9. The number of nitrogens with one attached hydrogen (secondary N) is 2.